The van der Waals surface area contributed by atoms with Gasteiger partial charge in [0.05, 0.1) is 12.7 Å². The normalized spacial score (nSPS) is 10.6. The maximum absolute atomic E-state index is 12.4. The molecule has 0 saturated carbocycles. The highest BCUT2D eigenvalue weighted by molar-refractivity contribution is 5.89. The van der Waals surface area contributed by atoms with Crippen molar-refractivity contribution < 1.29 is 22.7 Å². The first-order chi connectivity index (χ1) is 7.36. The van der Waals surface area contributed by atoms with Gasteiger partial charge in [0.25, 0.3) is 0 Å². The SMILES string of the molecule is COC(=O)C#Cc1c(C(F)(F)F)n[nH]c1C. The summed E-state index contributed by atoms with van der Waals surface area (Å²) >= 11 is 0. The van der Waals surface area contributed by atoms with E-state index in [0.717, 1.165) is 7.11 Å². The highest BCUT2D eigenvalue weighted by atomic mass is 19.4. The molecule has 0 aliphatic carbocycles. The monoisotopic (exact) mass is 232 g/mol. The zero-order chi connectivity index (χ0) is 12.3. The minimum absolute atomic E-state index is 0.142. The Morgan fingerprint density at radius 1 is 1.50 bits per heavy atom. The van der Waals surface area contributed by atoms with E-state index < -0.39 is 17.8 Å². The second kappa shape index (κ2) is 4.26. The lowest BCUT2D eigenvalue weighted by Gasteiger charge is -2.01. The molecule has 7 heteroatoms. The number of halogens is 3. The van der Waals surface area contributed by atoms with Crippen LogP contribution >= 0.6 is 0 Å². The molecule has 1 aromatic heterocycles. The molecule has 0 aliphatic heterocycles. The fourth-order valence-corrected chi connectivity index (χ4v) is 0.952. The van der Waals surface area contributed by atoms with E-state index in [0.29, 0.717) is 0 Å². The van der Waals surface area contributed by atoms with E-state index in [1.165, 1.54) is 6.92 Å². The highest BCUT2D eigenvalue weighted by Gasteiger charge is 2.37. The fraction of sp³-hybridized carbons (Fsp3) is 0.333. The Hall–Kier alpha value is -1.97. The average molecular weight is 232 g/mol. The van der Waals surface area contributed by atoms with E-state index in [9.17, 15) is 18.0 Å². The fourth-order valence-electron chi connectivity index (χ4n) is 0.952. The number of hydrogen-bond acceptors (Lipinski definition) is 3. The topological polar surface area (TPSA) is 55.0 Å². The first-order valence-electron chi connectivity index (χ1n) is 4.08. The number of esters is 1. The molecular weight excluding hydrogens is 225 g/mol. The Bertz CT molecular complexity index is 465. The summed E-state index contributed by atoms with van der Waals surface area (Å²) in [5, 5.41) is 5.25. The molecule has 0 spiro atoms. The van der Waals surface area contributed by atoms with Crippen LogP contribution in [0.25, 0.3) is 0 Å². The molecule has 1 N–H and O–H groups in total. The number of rotatable bonds is 0. The van der Waals surface area contributed by atoms with Crippen LogP contribution in [-0.4, -0.2) is 23.3 Å². The molecular formula is C9H7F3N2O2. The van der Waals surface area contributed by atoms with Crippen molar-refractivity contribution in [3.05, 3.63) is 17.0 Å². The summed E-state index contributed by atoms with van der Waals surface area (Å²) in [7, 11) is 1.09. The minimum Gasteiger partial charge on any atom is -0.459 e. The number of hydrogen-bond donors (Lipinski definition) is 1. The second-order valence-corrected chi connectivity index (χ2v) is 2.81. The number of aromatic nitrogens is 2. The van der Waals surface area contributed by atoms with E-state index in [4.69, 9.17) is 0 Å². The second-order valence-electron chi connectivity index (χ2n) is 2.81. The third-order valence-corrected chi connectivity index (χ3v) is 1.69. The Morgan fingerprint density at radius 3 is 2.62 bits per heavy atom. The molecule has 0 saturated heterocycles. The van der Waals surface area contributed by atoms with Crippen molar-refractivity contribution in [1.29, 1.82) is 0 Å². The molecule has 0 fully saturated rings. The van der Waals surface area contributed by atoms with Crippen molar-refractivity contribution in [2.75, 3.05) is 7.11 Å². The van der Waals surface area contributed by atoms with E-state index in [-0.39, 0.29) is 11.3 Å². The van der Waals surface area contributed by atoms with Crippen LogP contribution < -0.4 is 0 Å². The van der Waals surface area contributed by atoms with E-state index >= 15 is 0 Å². The van der Waals surface area contributed by atoms with Crippen LogP contribution in [0, 0.1) is 18.8 Å². The number of nitrogens with one attached hydrogen (secondary N) is 1. The van der Waals surface area contributed by atoms with Gasteiger partial charge >= 0.3 is 12.1 Å². The third kappa shape index (κ3) is 2.53. The number of carbonyl (C=O) groups is 1. The number of aromatic amines is 1. The lowest BCUT2D eigenvalue weighted by molar-refractivity contribution is -0.141. The maximum Gasteiger partial charge on any atom is 0.436 e. The molecule has 0 amide bonds. The van der Waals surface area contributed by atoms with Crippen molar-refractivity contribution in [3.63, 3.8) is 0 Å². The Labute approximate surface area is 88.8 Å². The summed E-state index contributed by atoms with van der Waals surface area (Å²) in [5.41, 5.74) is -1.34. The Kier molecular flexibility index (Phi) is 3.22. The van der Waals surface area contributed by atoms with E-state index in [1.807, 2.05) is 5.92 Å². The van der Waals surface area contributed by atoms with Gasteiger partial charge in [-0.05, 0) is 6.92 Å². The van der Waals surface area contributed by atoms with Gasteiger partial charge in [-0.3, -0.25) is 5.10 Å². The Balaban J connectivity index is 3.17. The smallest absolute Gasteiger partial charge is 0.436 e. The predicted octanol–water partition coefficient (Wildman–Crippen LogP) is 1.26. The van der Waals surface area contributed by atoms with Crippen molar-refractivity contribution in [3.8, 4) is 11.8 Å². The van der Waals surface area contributed by atoms with Crippen LogP contribution in [0.2, 0.25) is 0 Å². The van der Waals surface area contributed by atoms with Crippen LogP contribution in [0.5, 0.6) is 0 Å². The number of H-pyrrole nitrogens is 1. The molecule has 1 heterocycles. The third-order valence-electron chi connectivity index (χ3n) is 1.69. The van der Waals surface area contributed by atoms with Gasteiger partial charge in [-0.25, -0.2) is 4.79 Å². The quantitative estimate of drug-likeness (QED) is 0.541. The lowest BCUT2D eigenvalue weighted by atomic mass is 10.2. The van der Waals surface area contributed by atoms with Crippen LogP contribution in [0.15, 0.2) is 0 Å². The first kappa shape index (κ1) is 12.1. The van der Waals surface area contributed by atoms with Gasteiger partial charge in [-0.15, -0.1) is 0 Å². The Morgan fingerprint density at radius 2 is 2.12 bits per heavy atom. The zero-order valence-corrected chi connectivity index (χ0v) is 8.40. The lowest BCUT2D eigenvalue weighted by Crippen LogP contribution is -2.08. The molecule has 16 heavy (non-hydrogen) atoms. The van der Waals surface area contributed by atoms with Gasteiger partial charge in [0.2, 0.25) is 0 Å². The number of nitrogens with zero attached hydrogens (tertiary/aromatic N) is 1. The molecule has 0 radical (unpaired) electrons. The maximum atomic E-state index is 12.4. The van der Waals surface area contributed by atoms with Gasteiger partial charge in [0.15, 0.2) is 5.69 Å². The minimum atomic E-state index is -4.61. The molecule has 0 bridgehead atoms. The average Bonchev–Trinajstić information content (AvgIpc) is 2.55. The molecule has 1 rings (SSSR count). The molecule has 0 aromatic carbocycles. The van der Waals surface area contributed by atoms with Crippen molar-refractivity contribution in [2.24, 2.45) is 0 Å². The molecule has 4 nitrogen and oxygen atoms in total. The number of carbonyl (C=O) groups excluding carboxylic acids is 1. The number of aryl methyl sites for hydroxylation is 1. The molecule has 86 valence electrons. The van der Waals surface area contributed by atoms with Gasteiger partial charge in [-0.2, -0.15) is 18.3 Å². The summed E-state index contributed by atoms with van der Waals surface area (Å²) in [5.74, 6) is 3.09. The number of ether oxygens (including phenoxy) is 1. The summed E-state index contributed by atoms with van der Waals surface area (Å²) in [6, 6.07) is 0. The standard InChI is InChI=1S/C9H7F3N2O2/c1-5-6(3-4-7(15)16-2)8(14-13-5)9(10,11)12/h1-2H3,(H,13,14). The van der Waals surface area contributed by atoms with E-state index in [1.54, 1.807) is 0 Å². The van der Waals surface area contributed by atoms with Crippen molar-refractivity contribution >= 4 is 5.97 Å². The first-order valence-corrected chi connectivity index (χ1v) is 4.08. The van der Waals surface area contributed by atoms with Crippen LogP contribution in [0.1, 0.15) is 17.0 Å². The largest absolute Gasteiger partial charge is 0.459 e. The predicted molar refractivity (Wildman–Crippen MR) is 47.2 cm³/mol. The summed E-state index contributed by atoms with van der Waals surface area (Å²) in [6.45, 7) is 1.38. The van der Waals surface area contributed by atoms with Crippen molar-refractivity contribution in [1.82, 2.24) is 10.2 Å². The van der Waals surface area contributed by atoms with Gasteiger partial charge in [-0.1, -0.05) is 5.92 Å². The van der Waals surface area contributed by atoms with Crippen molar-refractivity contribution in [2.45, 2.75) is 13.1 Å². The van der Waals surface area contributed by atoms with Crippen LogP contribution in [-0.2, 0) is 15.7 Å². The summed E-state index contributed by atoms with van der Waals surface area (Å²) in [4.78, 5) is 10.7. The number of alkyl halides is 3. The van der Waals surface area contributed by atoms with Crippen LogP contribution in [0.3, 0.4) is 0 Å². The van der Waals surface area contributed by atoms with Gasteiger partial charge in [0, 0.05) is 11.6 Å². The highest BCUT2D eigenvalue weighted by Crippen LogP contribution is 2.30. The van der Waals surface area contributed by atoms with Gasteiger partial charge < -0.3 is 4.74 Å². The number of methoxy groups -OCH3 is 1. The molecule has 1 aromatic rings. The van der Waals surface area contributed by atoms with Crippen LogP contribution in [0.4, 0.5) is 13.2 Å². The summed E-state index contributed by atoms with van der Waals surface area (Å²) < 4.78 is 41.4. The van der Waals surface area contributed by atoms with Gasteiger partial charge in [0.1, 0.15) is 0 Å². The molecule has 0 atom stereocenters. The molecule has 0 unspecified atom stereocenters. The van der Waals surface area contributed by atoms with E-state index in [2.05, 4.69) is 20.9 Å². The molecule has 0 aliphatic rings. The summed E-state index contributed by atoms with van der Waals surface area (Å²) in [6.07, 6.45) is -4.61. The zero-order valence-electron chi connectivity index (χ0n) is 8.40.